The highest BCUT2D eigenvalue weighted by Gasteiger charge is 2.31. The number of hydrogen-bond donors (Lipinski definition) is 1. The van der Waals surface area contributed by atoms with Crippen molar-refractivity contribution in [3.8, 4) is 0 Å². The SMILES string of the molecule is CC(C)(C)OC(=O)N1CCCC[C@](C)(O)C1. The van der Waals surface area contributed by atoms with E-state index in [4.69, 9.17) is 4.74 Å². The van der Waals surface area contributed by atoms with Gasteiger partial charge >= 0.3 is 6.09 Å². The zero-order valence-corrected chi connectivity index (χ0v) is 10.7. The van der Waals surface area contributed by atoms with Crippen LogP contribution in [0.4, 0.5) is 4.79 Å². The predicted octanol–water partition coefficient (Wildman–Crippen LogP) is 2.16. The van der Waals surface area contributed by atoms with Gasteiger partial charge in [0.25, 0.3) is 0 Å². The Bertz CT molecular complexity index is 255. The molecule has 0 bridgehead atoms. The topological polar surface area (TPSA) is 49.8 Å². The molecule has 1 aliphatic rings. The van der Waals surface area contributed by atoms with Crippen LogP contribution in [0, 0.1) is 0 Å². The van der Waals surface area contributed by atoms with E-state index in [1.807, 2.05) is 20.8 Å². The van der Waals surface area contributed by atoms with Gasteiger partial charge in [0.15, 0.2) is 0 Å². The van der Waals surface area contributed by atoms with Crippen LogP contribution in [0.15, 0.2) is 0 Å². The van der Waals surface area contributed by atoms with Crippen LogP contribution >= 0.6 is 0 Å². The molecule has 1 rings (SSSR count). The lowest BCUT2D eigenvalue weighted by Gasteiger charge is -2.30. The van der Waals surface area contributed by atoms with Gasteiger partial charge in [-0.1, -0.05) is 0 Å². The largest absolute Gasteiger partial charge is 0.444 e. The van der Waals surface area contributed by atoms with Gasteiger partial charge in [0.05, 0.1) is 12.1 Å². The Hall–Kier alpha value is -0.770. The Morgan fingerprint density at radius 2 is 2.00 bits per heavy atom. The molecule has 1 fully saturated rings. The normalized spacial score (nSPS) is 27.4. The Balaban J connectivity index is 2.61. The Morgan fingerprint density at radius 1 is 1.38 bits per heavy atom. The van der Waals surface area contributed by atoms with E-state index < -0.39 is 11.2 Å². The van der Waals surface area contributed by atoms with Gasteiger partial charge in [0, 0.05) is 6.54 Å². The highest BCUT2D eigenvalue weighted by atomic mass is 16.6. The summed E-state index contributed by atoms with van der Waals surface area (Å²) in [4.78, 5) is 13.5. The maximum absolute atomic E-state index is 11.8. The molecule has 1 N–H and O–H groups in total. The minimum atomic E-state index is -0.784. The second-order valence-electron chi connectivity index (χ2n) is 5.86. The van der Waals surface area contributed by atoms with Crippen molar-refractivity contribution in [1.29, 1.82) is 0 Å². The van der Waals surface area contributed by atoms with E-state index in [0.29, 0.717) is 13.1 Å². The molecule has 0 aliphatic carbocycles. The first kappa shape index (κ1) is 13.3. The molecule has 1 saturated heterocycles. The molecule has 0 aromatic heterocycles. The lowest BCUT2D eigenvalue weighted by molar-refractivity contribution is -0.00567. The van der Waals surface area contributed by atoms with Crippen molar-refractivity contribution in [2.24, 2.45) is 0 Å². The third-order valence-corrected chi connectivity index (χ3v) is 2.58. The fourth-order valence-electron chi connectivity index (χ4n) is 1.86. The van der Waals surface area contributed by atoms with Crippen molar-refractivity contribution in [1.82, 2.24) is 4.90 Å². The van der Waals surface area contributed by atoms with Crippen LogP contribution in [0.25, 0.3) is 0 Å². The number of hydrogen-bond acceptors (Lipinski definition) is 3. The fourth-order valence-corrected chi connectivity index (χ4v) is 1.86. The van der Waals surface area contributed by atoms with Gasteiger partial charge in [-0.05, 0) is 47.0 Å². The second kappa shape index (κ2) is 4.62. The summed E-state index contributed by atoms with van der Waals surface area (Å²) in [6.07, 6.45) is 2.29. The minimum Gasteiger partial charge on any atom is -0.444 e. The van der Waals surface area contributed by atoms with Gasteiger partial charge < -0.3 is 14.7 Å². The summed E-state index contributed by atoms with van der Waals surface area (Å²) < 4.78 is 5.30. The third-order valence-electron chi connectivity index (χ3n) is 2.58. The zero-order valence-electron chi connectivity index (χ0n) is 10.7. The van der Waals surface area contributed by atoms with Gasteiger partial charge in [-0.3, -0.25) is 0 Å². The van der Waals surface area contributed by atoms with E-state index in [0.717, 1.165) is 19.3 Å². The van der Waals surface area contributed by atoms with Crippen LogP contribution in [-0.2, 0) is 4.74 Å². The number of nitrogens with zero attached hydrogens (tertiary/aromatic N) is 1. The first-order valence-corrected chi connectivity index (χ1v) is 5.90. The van der Waals surface area contributed by atoms with Crippen LogP contribution in [0.2, 0.25) is 0 Å². The van der Waals surface area contributed by atoms with Crippen LogP contribution < -0.4 is 0 Å². The predicted molar refractivity (Wildman–Crippen MR) is 62.3 cm³/mol. The highest BCUT2D eigenvalue weighted by molar-refractivity contribution is 5.68. The van der Waals surface area contributed by atoms with Gasteiger partial charge in [0.2, 0.25) is 0 Å². The standard InChI is InChI=1S/C12H23NO3/c1-11(2,3)16-10(14)13-8-6-5-7-12(4,15)9-13/h15H,5-9H2,1-4H3/t12-/m0/s1. The van der Waals surface area contributed by atoms with Crippen LogP contribution in [-0.4, -0.2) is 40.4 Å². The highest BCUT2D eigenvalue weighted by Crippen LogP contribution is 2.21. The molecule has 0 saturated carbocycles. The quantitative estimate of drug-likeness (QED) is 0.692. The number of carbonyl (C=O) groups excluding carboxylic acids is 1. The molecule has 1 amide bonds. The molecule has 94 valence electrons. The maximum Gasteiger partial charge on any atom is 0.410 e. The number of carbonyl (C=O) groups is 1. The molecule has 16 heavy (non-hydrogen) atoms. The Morgan fingerprint density at radius 3 is 2.56 bits per heavy atom. The summed E-state index contributed by atoms with van der Waals surface area (Å²) in [5.74, 6) is 0. The van der Waals surface area contributed by atoms with Crippen LogP contribution in [0.3, 0.4) is 0 Å². The average Bonchev–Trinajstić information content (AvgIpc) is 2.23. The number of likely N-dealkylation sites (tertiary alicyclic amines) is 1. The van der Waals surface area contributed by atoms with E-state index in [-0.39, 0.29) is 6.09 Å². The third kappa shape index (κ3) is 4.39. The first-order valence-electron chi connectivity index (χ1n) is 5.90. The van der Waals surface area contributed by atoms with E-state index >= 15 is 0 Å². The summed E-state index contributed by atoms with van der Waals surface area (Å²) in [5, 5.41) is 10.0. The van der Waals surface area contributed by atoms with Crippen molar-refractivity contribution in [2.75, 3.05) is 13.1 Å². The van der Waals surface area contributed by atoms with Crippen LogP contribution in [0.5, 0.6) is 0 Å². The van der Waals surface area contributed by atoms with E-state index in [9.17, 15) is 9.90 Å². The number of rotatable bonds is 0. The summed E-state index contributed by atoms with van der Waals surface area (Å²) in [6, 6.07) is 0. The van der Waals surface area contributed by atoms with Crippen molar-refractivity contribution in [2.45, 2.75) is 58.2 Å². The number of amides is 1. The maximum atomic E-state index is 11.8. The number of aliphatic hydroxyl groups is 1. The second-order valence-corrected chi connectivity index (χ2v) is 5.86. The molecular formula is C12H23NO3. The van der Waals surface area contributed by atoms with Gasteiger partial charge in [-0.2, -0.15) is 0 Å². The average molecular weight is 229 g/mol. The van der Waals surface area contributed by atoms with E-state index in [1.54, 1.807) is 11.8 Å². The number of β-amino-alcohol motifs (C(OH)–C–C–N with tert-alkyl or cyclic N) is 1. The van der Waals surface area contributed by atoms with Gasteiger partial charge in [-0.25, -0.2) is 4.79 Å². The van der Waals surface area contributed by atoms with Crippen molar-refractivity contribution >= 4 is 6.09 Å². The minimum absolute atomic E-state index is 0.324. The first-order chi connectivity index (χ1) is 7.20. The zero-order chi connectivity index (χ0) is 12.4. The van der Waals surface area contributed by atoms with Gasteiger partial charge in [0.1, 0.15) is 5.60 Å². The van der Waals surface area contributed by atoms with Crippen molar-refractivity contribution < 1.29 is 14.6 Å². The molecule has 0 unspecified atom stereocenters. The molecule has 0 aromatic carbocycles. The molecule has 4 heteroatoms. The Labute approximate surface area is 97.6 Å². The van der Waals surface area contributed by atoms with E-state index in [1.165, 1.54) is 0 Å². The molecule has 0 radical (unpaired) electrons. The number of ether oxygens (including phenoxy) is 1. The smallest absolute Gasteiger partial charge is 0.410 e. The lowest BCUT2D eigenvalue weighted by atomic mass is 10.0. The Kier molecular flexibility index (Phi) is 3.84. The molecule has 1 aliphatic heterocycles. The molecule has 1 atom stereocenters. The summed E-state index contributed by atoms with van der Waals surface area (Å²) >= 11 is 0. The summed E-state index contributed by atoms with van der Waals surface area (Å²) in [5.41, 5.74) is -1.26. The monoisotopic (exact) mass is 229 g/mol. The van der Waals surface area contributed by atoms with Crippen molar-refractivity contribution in [3.63, 3.8) is 0 Å². The molecule has 0 aromatic rings. The molecule has 1 heterocycles. The summed E-state index contributed by atoms with van der Waals surface area (Å²) in [6.45, 7) is 8.35. The molecule has 4 nitrogen and oxygen atoms in total. The fraction of sp³-hybridized carbons (Fsp3) is 0.917. The lowest BCUT2D eigenvalue weighted by Crippen LogP contribution is -2.44. The van der Waals surface area contributed by atoms with Crippen molar-refractivity contribution in [3.05, 3.63) is 0 Å². The van der Waals surface area contributed by atoms with Crippen LogP contribution in [0.1, 0.15) is 47.0 Å². The molecular weight excluding hydrogens is 206 g/mol. The molecule has 0 spiro atoms. The summed E-state index contributed by atoms with van der Waals surface area (Å²) in [7, 11) is 0. The van der Waals surface area contributed by atoms with Gasteiger partial charge in [-0.15, -0.1) is 0 Å². The van der Waals surface area contributed by atoms with E-state index in [2.05, 4.69) is 0 Å².